The van der Waals surface area contributed by atoms with Crippen molar-refractivity contribution >= 4 is 23.6 Å². The average Bonchev–Trinajstić information content (AvgIpc) is 3.43. The average molecular weight is 451 g/mol. The maximum Gasteiger partial charge on any atom is 0.277 e. The zero-order valence-electron chi connectivity index (χ0n) is 18.0. The Hall–Kier alpha value is -3.13. The summed E-state index contributed by atoms with van der Waals surface area (Å²) in [6.45, 7) is 3.93. The van der Waals surface area contributed by atoms with E-state index in [9.17, 15) is 9.59 Å². The second kappa shape index (κ2) is 10.5. The number of hydrogen-bond acceptors (Lipinski definition) is 6. The van der Waals surface area contributed by atoms with Gasteiger partial charge in [-0.3, -0.25) is 9.59 Å². The summed E-state index contributed by atoms with van der Waals surface area (Å²) in [5.74, 6) is 0.503. The zero-order chi connectivity index (χ0) is 22.3. The molecule has 2 amide bonds. The number of thioether (sulfide) groups is 1. The summed E-state index contributed by atoms with van der Waals surface area (Å²) in [6, 6.07) is 19.9. The summed E-state index contributed by atoms with van der Waals surface area (Å²) in [5, 5.41) is 8.06. The minimum absolute atomic E-state index is 0.00261. The fourth-order valence-electron chi connectivity index (χ4n) is 3.66. The summed E-state index contributed by atoms with van der Waals surface area (Å²) in [6.07, 6.45) is 1.43. The fraction of sp³-hybridized carbons (Fsp3) is 0.333. The number of amides is 2. The number of rotatable bonds is 9. The van der Waals surface area contributed by atoms with Gasteiger partial charge in [0.25, 0.3) is 5.22 Å². The molecule has 1 aliphatic heterocycles. The van der Waals surface area contributed by atoms with E-state index in [1.165, 1.54) is 11.8 Å². The molecule has 2 aromatic carbocycles. The molecule has 1 aromatic heterocycles. The van der Waals surface area contributed by atoms with Crippen molar-refractivity contribution < 1.29 is 14.0 Å². The summed E-state index contributed by atoms with van der Waals surface area (Å²) in [7, 11) is 0. The lowest BCUT2D eigenvalue weighted by Crippen LogP contribution is -2.35. The quantitative estimate of drug-likeness (QED) is 0.460. The van der Waals surface area contributed by atoms with E-state index in [4.69, 9.17) is 4.42 Å². The molecule has 1 aliphatic rings. The maximum absolute atomic E-state index is 13.3. The van der Waals surface area contributed by atoms with Crippen molar-refractivity contribution in [1.29, 1.82) is 0 Å². The van der Waals surface area contributed by atoms with E-state index in [0.29, 0.717) is 43.7 Å². The Balaban J connectivity index is 1.42. The van der Waals surface area contributed by atoms with E-state index >= 15 is 0 Å². The molecule has 2 heterocycles. The first-order valence-corrected chi connectivity index (χ1v) is 11.6. The molecule has 1 saturated heterocycles. The molecule has 0 spiro atoms. The number of carbonyl (C=O) groups is 2. The van der Waals surface area contributed by atoms with E-state index in [0.717, 1.165) is 17.5 Å². The molecule has 3 aromatic rings. The topological polar surface area (TPSA) is 79.5 Å². The minimum atomic E-state index is -0.399. The van der Waals surface area contributed by atoms with Crippen LogP contribution in [0.2, 0.25) is 0 Å². The highest BCUT2D eigenvalue weighted by Gasteiger charge is 2.26. The van der Waals surface area contributed by atoms with Gasteiger partial charge in [0.15, 0.2) is 0 Å². The van der Waals surface area contributed by atoms with Crippen LogP contribution in [0.25, 0.3) is 0 Å². The van der Waals surface area contributed by atoms with Gasteiger partial charge in [-0.15, -0.1) is 10.2 Å². The third-order valence-corrected chi connectivity index (χ3v) is 6.24. The minimum Gasteiger partial charge on any atom is -0.414 e. The Kier molecular flexibility index (Phi) is 7.21. The lowest BCUT2D eigenvalue weighted by atomic mass is 10.1. The van der Waals surface area contributed by atoms with Crippen LogP contribution in [0, 0.1) is 0 Å². The van der Waals surface area contributed by atoms with Crippen molar-refractivity contribution in [2.24, 2.45) is 0 Å². The molecule has 1 unspecified atom stereocenters. The summed E-state index contributed by atoms with van der Waals surface area (Å²) < 4.78 is 5.71. The van der Waals surface area contributed by atoms with Gasteiger partial charge in [0, 0.05) is 26.1 Å². The number of benzene rings is 2. The van der Waals surface area contributed by atoms with Crippen LogP contribution in [-0.2, 0) is 29.2 Å². The number of aromatic nitrogens is 2. The zero-order valence-corrected chi connectivity index (χ0v) is 18.8. The normalized spacial score (nSPS) is 14.5. The summed E-state index contributed by atoms with van der Waals surface area (Å²) in [5.41, 5.74) is 2.15. The predicted molar refractivity (Wildman–Crippen MR) is 121 cm³/mol. The molecule has 166 valence electrons. The highest BCUT2D eigenvalue weighted by Crippen LogP contribution is 2.25. The van der Waals surface area contributed by atoms with E-state index in [1.807, 2.05) is 72.5 Å². The number of hydrogen-bond donors (Lipinski definition) is 0. The van der Waals surface area contributed by atoms with Crippen LogP contribution in [0.1, 0.15) is 36.8 Å². The van der Waals surface area contributed by atoms with Gasteiger partial charge in [-0.25, -0.2) is 0 Å². The molecule has 4 rings (SSSR count). The summed E-state index contributed by atoms with van der Waals surface area (Å²) >= 11 is 1.25. The van der Waals surface area contributed by atoms with Gasteiger partial charge in [-0.1, -0.05) is 72.4 Å². The Labute approximate surface area is 191 Å². The highest BCUT2D eigenvalue weighted by atomic mass is 32.2. The molecule has 0 saturated carbocycles. The van der Waals surface area contributed by atoms with Crippen molar-refractivity contribution in [2.75, 3.05) is 6.54 Å². The van der Waals surface area contributed by atoms with E-state index in [1.54, 1.807) is 4.90 Å². The monoisotopic (exact) mass is 450 g/mol. The molecular weight excluding hydrogens is 424 g/mol. The Morgan fingerprint density at radius 2 is 1.69 bits per heavy atom. The van der Waals surface area contributed by atoms with Crippen LogP contribution in [0.4, 0.5) is 0 Å². The van der Waals surface area contributed by atoms with Crippen molar-refractivity contribution in [3.05, 3.63) is 77.7 Å². The number of likely N-dealkylation sites (tertiary alicyclic amines) is 1. The Morgan fingerprint density at radius 1 is 1.06 bits per heavy atom. The first-order valence-electron chi connectivity index (χ1n) is 10.7. The van der Waals surface area contributed by atoms with Crippen molar-refractivity contribution in [2.45, 2.75) is 49.9 Å². The molecule has 1 atom stereocenters. The Bertz CT molecular complexity index is 1000. The number of nitrogens with zero attached hydrogens (tertiary/aromatic N) is 4. The molecule has 1 fully saturated rings. The third-order valence-electron chi connectivity index (χ3n) is 5.32. The van der Waals surface area contributed by atoms with Crippen molar-refractivity contribution in [3.63, 3.8) is 0 Å². The molecule has 32 heavy (non-hydrogen) atoms. The fourth-order valence-corrected chi connectivity index (χ4v) is 4.45. The number of carbonyl (C=O) groups excluding carboxylic acids is 2. The van der Waals surface area contributed by atoms with Crippen LogP contribution < -0.4 is 0 Å². The molecule has 0 bridgehead atoms. The van der Waals surface area contributed by atoms with Crippen molar-refractivity contribution in [3.8, 4) is 0 Å². The van der Waals surface area contributed by atoms with Gasteiger partial charge in [0.1, 0.15) is 0 Å². The van der Waals surface area contributed by atoms with Gasteiger partial charge >= 0.3 is 0 Å². The second-order valence-electron chi connectivity index (χ2n) is 7.81. The van der Waals surface area contributed by atoms with Gasteiger partial charge in [-0.05, 0) is 24.5 Å². The molecule has 0 radical (unpaired) electrons. The van der Waals surface area contributed by atoms with E-state index in [2.05, 4.69) is 10.2 Å². The summed E-state index contributed by atoms with van der Waals surface area (Å²) in [4.78, 5) is 28.7. The molecule has 7 nitrogen and oxygen atoms in total. The van der Waals surface area contributed by atoms with E-state index in [-0.39, 0.29) is 11.8 Å². The third kappa shape index (κ3) is 5.76. The first-order chi connectivity index (χ1) is 15.6. The lowest BCUT2D eigenvalue weighted by molar-refractivity contribution is -0.131. The molecule has 0 aliphatic carbocycles. The lowest BCUT2D eigenvalue weighted by Gasteiger charge is -2.25. The first kappa shape index (κ1) is 22.1. The SMILES string of the molecule is CC(Sc1nnc(CN2CCCC2=O)o1)C(=O)N(Cc1ccccc1)Cc1ccccc1. The largest absolute Gasteiger partial charge is 0.414 e. The van der Waals surface area contributed by atoms with Crippen LogP contribution in [-0.4, -0.2) is 43.6 Å². The Morgan fingerprint density at radius 3 is 2.25 bits per heavy atom. The van der Waals surface area contributed by atoms with Crippen LogP contribution in [0.3, 0.4) is 0 Å². The highest BCUT2D eigenvalue weighted by molar-refractivity contribution is 8.00. The van der Waals surface area contributed by atoms with Gasteiger partial charge < -0.3 is 14.2 Å². The molecular formula is C24H26N4O3S. The smallest absolute Gasteiger partial charge is 0.277 e. The predicted octanol–water partition coefficient (Wildman–Crippen LogP) is 3.90. The van der Waals surface area contributed by atoms with Crippen molar-refractivity contribution in [1.82, 2.24) is 20.0 Å². The molecule has 8 heteroatoms. The second-order valence-corrected chi connectivity index (χ2v) is 9.10. The van der Waals surface area contributed by atoms with Gasteiger partial charge in [0.05, 0.1) is 11.8 Å². The molecule has 0 N–H and O–H groups in total. The van der Waals surface area contributed by atoms with E-state index < -0.39 is 5.25 Å². The van der Waals surface area contributed by atoms with Crippen LogP contribution >= 0.6 is 11.8 Å². The van der Waals surface area contributed by atoms with Gasteiger partial charge in [-0.2, -0.15) is 0 Å². The maximum atomic E-state index is 13.3. The van der Waals surface area contributed by atoms with Crippen LogP contribution in [0.15, 0.2) is 70.3 Å². The standard InChI is InChI=1S/C24H26N4O3S/c1-18(32-24-26-25-21(31-24)17-27-14-8-13-22(27)29)23(30)28(15-19-9-4-2-5-10-19)16-20-11-6-3-7-12-20/h2-7,9-12,18H,8,13-17H2,1H3. The van der Waals surface area contributed by atoms with Gasteiger partial charge in [0.2, 0.25) is 17.7 Å². The van der Waals surface area contributed by atoms with Crippen LogP contribution in [0.5, 0.6) is 0 Å².